The van der Waals surface area contributed by atoms with E-state index < -0.39 is 26.7 Å². The molecule has 2 heterocycles. The van der Waals surface area contributed by atoms with Gasteiger partial charge in [-0.05, 0) is 48.1 Å². The van der Waals surface area contributed by atoms with Crippen LogP contribution in [0.3, 0.4) is 0 Å². The van der Waals surface area contributed by atoms with Gasteiger partial charge in [0.25, 0.3) is 0 Å². The third-order valence-corrected chi connectivity index (χ3v) is 9.03. The van der Waals surface area contributed by atoms with E-state index in [0.29, 0.717) is 42.1 Å². The van der Waals surface area contributed by atoms with E-state index in [2.05, 4.69) is 25.8 Å². The van der Waals surface area contributed by atoms with Gasteiger partial charge in [-0.15, -0.1) is 11.3 Å². The molecule has 0 atom stereocenters. The van der Waals surface area contributed by atoms with E-state index in [0.717, 1.165) is 16.8 Å². The summed E-state index contributed by atoms with van der Waals surface area (Å²) in [7, 11) is -3.40. The van der Waals surface area contributed by atoms with E-state index >= 15 is 0 Å². The number of hydrogen-bond donors (Lipinski definition) is 0. The van der Waals surface area contributed by atoms with Crippen LogP contribution in [0.4, 0.5) is 13.9 Å². The lowest BCUT2D eigenvalue weighted by molar-refractivity contribution is 0.529. The van der Waals surface area contributed by atoms with Gasteiger partial charge < -0.3 is 4.90 Å². The molecule has 0 bridgehead atoms. The molecule has 4 nitrogen and oxygen atoms in total. The highest BCUT2D eigenvalue weighted by molar-refractivity contribution is 7.92. The summed E-state index contributed by atoms with van der Waals surface area (Å²) < 4.78 is 53.3. The van der Waals surface area contributed by atoms with Crippen molar-refractivity contribution in [2.75, 3.05) is 18.0 Å². The second-order valence-corrected chi connectivity index (χ2v) is 12.2. The van der Waals surface area contributed by atoms with Gasteiger partial charge in [0, 0.05) is 30.1 Å². The molecule has 8 heteroatoms. The molecule has 1 aromatic heterocycles. The average molecular weight is 477 g/mol. The van der Waals surface area contributed by atoms with Crippen LogP contribution in [0.15, 0.2) is 52.7 Å². The molecule has 1 aliphatic heterocycles. The molecule has 0 aliphatic carbocycles. The summed E-state index contributed by atoms with van der Waals surface area (Å²) in [6.45, 7) is 7.42. The maximum atomic E-state index is 13.5. The van der Waals surface area contributed by atoms with Crippen molar-refractivity contribution in [2.45, 2.75) is 49.2 Å². The summed E-state index contributed by atoms with van der Waals surface area (Å²) in [4.78, 5) is 6.94. The molecule has 2 aromatic carbocycles. The Balaban J connectivity index is 1.44. The highest BCUT2D eigenvalue weighted by Gasteiger charge is 2.32. The molecule has 0 saturated carbocycles. The minimum atomic E-state index is -3.40. The zero-order valence-corrected chi connectivity index (χ0v) is 19.9. The predicted molar refractivity (Wildman–Crippen MR) is 125 cm³/mol. The van der Waals surface area contributed by atoms with Crippen molar-refractivity contribution in [3.8, 4) is 11.3 Å². The van der Waals surface area contributed by atoms with Crippen molar-refractivity contribution >= 4 is 26.3 Å². The first-order chi connectivity index (χ1) is 15.0. The zero-order valence-electron chi connectivity index (χ0n) is 18.3. The summed E-state index contributed by atoms with van der Waals surface area (Å²) in [5.74, 6) is -1.28. The molecule has 3 aromatic rings. The Hall–Kier alpha value is -2.32. The second-order valence-electron chi connectivity index (χ2n) is 9.18. The van der Waals surface area contributed by atoms with E-state index in [4.69, 9.17) is 0 Å². The number of hydrogen-bond acceptors (Lipinski definition) is 5. The Labute approximate surface area is 191 Å². The molecule has 0 spiro atoms. The van der Waals surface area contributed by atoms with Gasteiger partial charge in [-0.1, -0.05) is 32.9 Å². The average Bonchev–Trinajstić information content (AvgIpc) is 3.23. The fourth-order valence-corrected chi connectivity index (χ4v) is 6.56. The van der Waals surface area contributed by atoms with E-state index in [1.54, 1.807) is 17.5 Å². The monoisotopic (exact) mass is 476 g/mol. The van der Waals surface area contributed by atoms with Crippen LogP contribution in [0.25, 0.3) is 11.3 Å². The number of aromatic nitrogens is 1. The first kappa shape index (κ1) is 22.9. The fraction of sp³-hybridized carbons (Fsp3) is 0.375. The molecule has 4 rings (SSSR count). The van der Waals surface area contributed by atoms with Crippen LogP contribution in [0.5, 0.6) is 0 Å². The predicted octanol–water partition coefficient (Wildman–Crippen LogP) is 5.83. The van der Waals surface area contributed by atoms with E-state index in [9.17, 15) is 17.2 Å². The van der Waals surface area contributed by atoms with E-state index in [-0.39, 0.29) is 5.41 Å². The van der Waals surface area contributed by atoms with Crippen LogP contribution in [-0.2, 0) is 15.3 Å². The van der Waals surface area contributed by atoms with Crippen LogP contribution in [0.1, 0.15) is 39.2 Å². The molecule has 0 unspecified atom stereocenters. The van der Waals surface area contributed by atoms with Crippen LogP contribution in [0.2, 0.25) is 0 Å². The fourth-order valence-electron chi connectivity index (χ4n) is 3.94. The van der Waals surface area contributed by atoms with Crippen LogP contribution < -0.4 is 4.90 Å². The van der Waals surface area contributed by atoms with Crippen molar-refractivity contribution in [3.05, 3.63) is 65.0 Å². The third-order valence-electron chi connectivity index (χ3n) is 5.85. The molecule has 170 valence electrons. The first-order valence-corrected chi connectivity index (χ1v) is 13.0. The smallest absolute Gasteiger partial charge is 0.185 e. The Morgan fingerprint density at radius 2 is 1.59 bits per heavy atom. The number of piperidine rings is 1. The van der Waals surface area contributed by atoms with Crippen molar-refractivity contribution < 1.29 is 17.2 Å². The Bertz CT molecular complexity index is 1190. The van der Waals surface area contributed by atoms with Crippen molar-refractivity contribution in [1.82, 2.24) is 4.98 Å². The number of anilines is 1. The molecule has 1 saturated heterocycles. The van der Waals surface area contributed by atoms with Crippen molar-refractivity contribution in [2.24, 2.45) is 0 Å². The van der Waals surface area contributed by atoms with Gasteiger partial charge in [0.1, 0.15) is 11.6 Å². The molecule has 0 amide bonds. The minimum absolute atomic E-state index is 0.0303. The van der Waals surface area contributed by atoms with Gasteiger partial charge in [0.2, 0.25) is 0 Å². The Morgan fingerprint density at radius 1 is 1.00 bits per heavy atom. The second kappa shape index (κ2) is 8.56. The Morgan fingerprint density at radius 3 is 2.16 bits per heavy atom. The highest BCUT2D eigenvalue weighted by Crippen LogP contribution is 2.33. The first-order valence-electron chi connectivity index (χ1n) is 10.6. The molecule has 1 fully saturated rings. The normalized spacial score (nSPS) is 15.8. The maximum Gasteiger partial charge on any atom is 0.185 e. The largest absolute Gasteiger partial charge is 0.348 e. The molecule has 0 radical (unpaired) electrons. The summed E-state index contributed by atoms with van der Waals surface area (Å²) in [5, 5.41) is 2.06. The topological polar surface area (TPSA) is 50.3 Å². The lowest BCUT2D eigenvalue weighted by atomic mass is 9.87. The summed E-state index contributed by atoms with van der Waals surface area (Å²) in [6, 6.07) is 10.6. The number of thiazole rings is 1. The van der Waals surface area contributed by atoms with Crippen LogP contribution in [0, 0.1) is 11.6 Å². The Kier molecular flexibility index (Phi) is 6.11. The third kappa shape index (κ3) is 4.71. The lowest BCUT2D eigenvalue weighted by Gasteiger charge is -2.31. The van der Waals surface area contributed by atoms with Gasteiger partial charge >= 0.3 is 0 Å². The standard InChI is InChI=1S/C24H26F2N2O2S2/c1-24(2,3)17-4-6-20(7-5-17)32(29,30)21-8-10-28(11-9-21)23-27-22(15-31-23)16-12-18(25)14-19(26)13-16/h4-7,12-15,21H,8-11H2,1-3H3. The number of benzene rings is 2. The van der Waals surface area contributed by atoms with Gasteiger partial charge in [-0.2, -0.15) is 0 Å². The van der Waals surface area contributed by atoms with Gasteiger partial charge in [-0.25, -0.2) is 22.2 Å². The number of sulfone groups is 1. The van der Waals surface area contributed by atoms with Crippen molar-refractivity contribution in [1.29, 1.82) is 0 Å². The SMILES string of the molecule is CC(C)(C)c1ccc(S(=O)(=O)C2CCN(c3nc(-c4cc(F)cc(F)c4)cs3)CC2)cc1. The molecule has 0 N–H and O–H groups in total. The van der Waals surface area contributed by atoms with Crippen molar-refractivity contribution in [3.63, 3.8) is 0 Å². The maximum absolute atomic E-state index is 13.5. The summed E-state index contributed by atoms with van der Waals surface area (Å²) >= 11 is 1.39. The van der Waals surface area contributed by atoms with Gasteiger partial charge in [0.15, 0.2) is 15.0 Å². The number of halogens is 2. The summed E-state index contributed by atoms with van der Waals surface area (Å²) in [6.07, 6.45) is 1.01. The molecule has 32 heavy (non-hydrogen) atoms. The highest BCUT2D eigenvalue weighted by atomic mass is 32.2. The quantitative estimate of drug-likeness (QED) is 0.476. The molecular formula is C24H26F2N2O2S2. The molecular weight excluding hydrogens is 450 g/mol. The van der Waals surface area contributed by atoms with E-state index in [1.807, 2.05) is 17.0 Å². The minimum Gasteiger partial charge on any atom is -0.348 e. The van der Waals surface area contributed by atoms with Crippen LogP contribution >= 0.6 is 11.3 Å². The lowest BCUT2D eigenvalue weighted by Crippen LogP contribution is -2.39. The number of nitrogens with zero attached hydrogens (tertiary/aromatic N) is 2. The van der Waals surface area contributed by atoms with E-state index in [1.165, 1.54) is 23.5 Å². The van der Waals surface area contributed by atoms with Crippen LogP contribution in [-0.4, -0.2) is 31.7 Å². The van der Waals surface area contributed by atoms with Gasteiger partial charge in [0.05, 0.1) is 15.8 Å². The molecule has 1 aliphatic rings. The summed E-state index contributed by atoms with van der Waals surface area (Å²) in [5.41, 5.74) is 1.97. The zero-order chi connectivity index (χ0) is 23.1. The van der Waals surface area contributed by atoms with Gasteiger partial charge in [-0.3, -0.25) is 0 Å². The number of rotatable bonds is 4.